The van der Waals surface area contributed by atoms with Gasteiger partial charge in [0.15, 0.2) is 6.29 Å². The first kappa shape index (κ1) is 26.3. The van der Waals surface area contributed by atoms with Gasteiger partial charge in [0, 0.05) is 24.8 Å². The summed E-state index contributed by atoms with van der Waals surface area (Å²) in [6.07, 6.45) is -0.327. The van der Waals surface area contributed by atoms with Crippen LogP contribution in [0, 0.1) is 0 Å². The topological polar surface area (TPSA) is 120 Å². The number of thioether (sulfide) groups is 1. The second kappa shape index (κ2) is 11.3. The monoisotopic (exact) mass is 557 g/mol. The van der Waals surface area contributed by atoms with Gasteiger partial charge in [-0.05, 0) is 39.2 Å². The van der Waals surface area contributed by atoms with Crippen molar-refractivity contribution in [2.45, 2.75) is 43.2 Å². The highest BCUT2D eigenvalue weighted by Crippen LogP contribution is 2.39. The van der Waals surface area contributed by atoms with Crippen molar-refractivity contribution in [2.24, 2.45) is 7.05 Å². The number of amides is 2. The minimum absolute atomic E-state index is 0.0183. The van der Waals surface area contributed by atoms with Crippen molar-refractivity contribution in [1.82, 2.24) is 25.1 Å². The minimum atomic E-state index is -0.618. The van der Waals surface area contributed by atoms with E-state index in [0.717, 1.165) is 22.3 Å². The van der Waals surface area contributed by atoms with Crippen LogP contribution < -0.4 is 0 Å². The van der Waals surface area contributed by atoms with Crippen LogP contribution in [0.25, 0.3) is 0 Å². The summed E-state index contributed by atoms with van der Waals surface area (Å²) in [5.41, 5.74) is 4.37. The number of aliphatic hydroxyl groups excluding tert-OH is 1. The van der Waals surface area contributed by atoms with E-state index in [1.807, 2.05) is 48.5 Å². The lowest BCUT2D eigenvalue weighted by Crippen LogP contribution is -2.31. The van der Waals surface area contributed by atoms with Crippen LogP contribution in [0.15, 0.2) is 78.0 Å². The van der Waals surface area contributed by atoms with Crippen molar-refractivity contribution in [3.8, 4) is 0 Å². The summed E-state index contributed by atoms with van der Waals surface area (Å²) in [4.78, 5) is 26.8. The van der Waals surface area contributed by atoms with Crippen molar-refractivity contribution in [2.75, 3.05) is 5.75 Å². The number of aryl methyl sites for hydroxylation is 1. The van der Waals surface area contributed by atoms with E-state index in [1.54, 1.807) is 36.0 Å². The number of aliphatic hydroxyl groups is 1. The summed E-state index contributed by atoms with van der Waals surface area (Å²) in [6, 6.07) is 22.2. The molecule has 0 unspecified atom stereocenters. The van der Waals surface area contributed by atoms with Crippen LogP contribution >= 0.6 is 11.8 Å². The third kappa shape index (κ3) is 5.28. The zero-order valence-electron chi connectivity index (χ0n) is 21.7. The molecule has 3 atom stereocenters. The first-order valence-corrected chi connectivity index (χ1v) is 13.9. The fraction of sp³-hybridized carbons (Fsp3) is 0.276. The number of fused-ring (bicyclic) bond motifs is 1. The van der Waals surface area contributed by atoms with Crippen molar-refractivity contribution < 1.29 is 24.2 Å². The van der Waals surface area contributed by atoms with Crippen LogP contribution in [-0.4, -0.2) is 53.9 Å². The Bertz CT molecular complexity index is 1490. The van der Waals surface area contributed by atoms with Crippen LogP contribution in [0.2, 0.25) is 0 Å². The summed E-state index contributed by atoms with van der Waals surface area (Å²) >= 11 is 1.52. The summed E-state index contributed by atoms with van der Waals surface area (Å²) in [5, 5.41) is 21.8. The molecule has 0 saturated carbocycles. The molecule has 0 bridgehead atoms. The number of rotatable bonds is 8. The van der Waals surface area contributed by atoms with Gasteiger partial charge in [-0.25, -0.2) is 4.68 Å². The number of hydrogen-bond donors (Lipinski definition) is 1. The zero-order chi connectivity index (χ0) is 27.6. The van der Waals surface area contributed by atoms with E-state index in [4.69, 9.17) is 9.47 Å². The van der Waals surface area contributed by atoms with Crippen LogP contribution in [0.3, 0.4) is 0 Å². The average molecular weight is 558 g/mol. The van der Waals surface area contributed by atoms with Crippen molar-refractivity contribution >= 4 is 23.6 Å². The van der Waals surface area contributed by atoms with Crippen LogP contribution in [0.5, 0.6) is 0 Å². The third-order valence-corrected chi connectivity index (χ3v) is 8.21. The fourth-order valence-electron chi connectivity index (χ4n) is 4.88. The predicted octanol–water partition coefficient (Wildman–Crippen LogP) is 3.84. The molecule has 4 aromatic rings. The molecule has 0 aliphatic carbocycles. The van der Waals surface area contributed by atoms with Gasteiger partial charge < -0.3 is 14.6 Å². The molecule has 1 N–H and O–H groups in total. The minimum Gasteiger partial charge on any atom is -0.392 e. The number of carbonyl (C=O) groups excluding carboxylic acids is 2. The Morgan fingerprint density at radius 1 is 0.900 bits per heavy atom. The molecule has 1 saturated heterocycles. The Kier molecular flexibility index (Phi) is 7.44. The molecular weight excluding hydrogens is 530 g/mol. The Hall–Kier alpha value is -3.90. The fourth-order valence-corrected chi connectivity index (χ4v) is 5.75. The smallest absolute Gasteiger partial charge is 0.261 e. The maximum atomic E-state index is 12.8. The van der Waals surface area contributed by atoms with Gasteiger partial charge in [0.05, 0.1) is 36.5 Å². The largest absolute Gasteiger partial charge is 0.392 e. The van der Waals surface area contributed by atoms with Crippen molar-refractivity contribution in [1.29, 1.82) is 0 Å². The number of imide groups is 1. The van der Waals surface area contributed by atoms with Gasteiger partial charge in [0.2, 0.25) is 5.16 Å². The van der Waals surface area contributed by atoms with E-state index >= 15 is 0 Å². The second-order valence-electron chi connectivity index (χ2n) is 9.73. The molecule has 2 aliphatic rings. The third-order valence-electron chi connectivity index (χ3n) is 7.07. The molecule has 3 aromatic carbocycles. The number of ether oxygens (including phenoxy) is 2. The van der Waals surface area contributed by atoms with Crippen molar-refractivity contribution in [3.05, 3.63) is 106 Å². The molecule has 0 radical (unpaired) electrons. The molecule has 0 spiro atoms. The van der Waals surface area contributed by atoms with E-state index in [1.165, 1.54) is 16.7 Å². The lowest BCUT2D eigenvalue weighted by Gasteiger charge is -2.36. The number of nitrogens with zero attached hydrogens (tertiary/aromatic N) is 5. The van der Waals surface area contributed by atoms with Gasteiger partial charge >= 0.3 is 0 Å². The summed E-state index contributed by atoms with van der Waals surface area (Å²) in [7, 11) is 1.80. The van der Waals surface area contributed by atoms with Gasteiger partial charge in [0.25, 0.3) is 11.8 Å². The van der Waals surface area contributed by atoms with Crippen LogP contribution in [-0.2, 0) is 29.7 Å². The quantitative estimate of drug-likeness (QED) is 0.255. The molecule has 3 heterocycles. The first-order chi connectivity index (χ1) is 19.5. The Labute approximate surface area is 234 Å². The maximum absolute atomic E-state index is 12.8. The lowest BCUT2D eigenvalue weighted by atomic mass is 10.0. The van der Waals surface area contributed by atoms with Gasteiger partial charge in [-0.2, -0.15) is 0 Å². The maximum Gasteiger partial charge on any atom is 0.261 e. The molecule has 6 rings (SSSR count). The Morgan fingerprint density at radius 2 is 1.55 bits per heavy atom. The number of aromatic nitrogens is 4. The van der Waals surface area contributed by atoms with Crippen molar-refractivity contribution in [3.63, 3.8) is 0 Å². The molecule has 2 amide bonds. The van der Waals surface area contributed by atoms with E-state index in [9.17, 15) is 14.7 Å². The van der Waals surface area contributed by atoms with Crippen LogP contribution in [0.1, 0.15) is 61.8 Å². The number of tetrazole rings is 1. The van der Waals surface area contributed by atoms with Gasteiger partial charge in [-0.15, -0.1) is 5.10 Å². The molecule has 1 aromatic heterocycles. The number of carbonyl (C=O) groups is 2. The predicted molar refractivity (Wildman–Crippen MR) is 145 cm³/mol. The molecule has 2 aliphatic heterocycles. The Morgan fingerprint density at radius 3 is 2.17 bits per heavy atom. The SMILES string of the molecule is Cn1nnnc1SC[C@@H]1C[C@H](c2ccc(CO)cc2)O[C@H](c2ccc(CN3C(=O)c4ccccc4C3=O)cc2)O1. The number of hydrogen-bond acceptors (Lipinski definition) is 9. The molecule has 204 valence electrons. The second-order valence-corrected chi connectivity index (χ2v) is 10.7. The lowest BCUT2D eigenvalue weighted by molar-refractivity contribution is -0.245. The van der Waals surface area contributed by atoms with E-state index in [2.05, 4.69) is 15.5 Å². The average Bonchev–Trinajstić information content (AvgIpc) is 3.52. The summed E-state index contributed by atoms with van der Waals surface area (Å²) in [6.45, 7) is 0.166. The first-order valence-electron chi connectivity index (χ1n) is 12.9. The molecule has 11 heteroatoms. The highest BCUT2D eigenvalue weighted by atomic mass is 32.2. The van der Waals surface area contributed by atoms with E-state index in [-0.39, 0.29) is 37.2 Å². The van der Waals surface area contributed by atoms with E-state index < -0.39 is 6.29 Å². The highest BCUT2D eigenvalue weighted by Gasteiger charge is 2.35. The molecular formula is C29H27N5O5S. The zero-order valence-corrected chi connectivity index (χ0v) is 22.5. The highest BCUT2D eigenvalue weighted by molar-refractivity contribution is 7.99. The van der Waals surface area contributed by atoms with Gasteiger partial charge in [0.1, 0.15) is 0 Å². The Balaban J connectivity index is 1.18. The molecule has 10 nitrogen and oxygen atoms in total. The van der Waals surface area contributed by atoms with Gasteiger partial charge in [-0.1, -0.05) is 72.4 Å². The molecule has 1 fully saturated rings. The van der Waals surface area contributed by atoms with Crippen LogP contribution in [0.4, 0.5) is 0 Å². The van der Waals surface area contributed by atoms with Gasteiger partial charge in [-0.3, -0.25) is 14.5 Å². The summed E-state index contributed by atoms with van der Waals surface area (Å²) < 4.78 is 14.4. The summed E-state index contributed by atoms with van der Waals surface area (Å²) in [5.74, 6) is 0.0752. The number of benzene rings is 3. The van der Waals surface area contributed by atoms with E-state index in [0.29, 0.717) is 28.5 Å². The standard InChI is InChI=1S/C29H27N5O5S/c1-33-29(30-31-32-33)40-17-22-14-25(20-10-8-19(16-35)9-11-20)39-28(38-22)21-12-6-18(7-13-21)15-34-26(36)23-4-2-3-5-24(23)27(34)37/h2-13,22,25,28,35H,14-17H2,1H3/t22-,25+,28+/m0/s1. The normalized spacial score (nSPS) is 20.6. The molecule has 40 heavy (non-hydrogen) atoms.